The van der Waals surface area contributed by atoms with Gasteiger partial charge in [0.05, 0.1) is 5.57 Å². The summed E-state index contributed by atoms with van der Waals surface area (Å²) in [6.07, 6.45) is 3.68. The molecule has 0 aliphatic carbocycles. The van der Waals surface area contributed by atoms with E-state index in [1.165, 1.54) is 0 Å². The average Bonchev–Trinajstić information content (AvgIpc) is 3.12. The van der Waals surface area contributed by atoms with E-state index in [1.807, 2.05) is 54.7 Å². The third-order valence-electron chi connectivity index (χ3n) is 3.95. The number of halogens is 2. The summed E-state index contributed by atoms with van der Waals surface area (Å²) in [5, 5.41) is 4.02. The Morgan fingerprint density at radius 1 is 0.917 bits per heavy atom. The van der Waals surface area contributed by atoms with E-state index in [1.54, 1.807) is 6.07 Å². The number of rotatable bonds is 2. The lowest BCUT2D eigenvalue weighted by molar-refractivity contribution is -0.110. The summed E-state index contributed by atoms with van der Waals surface area (Å²) in [4.78, 5) is 15.5. The van der Waals surface area contributed by atoms with Crippen LogP contribution < -0.4 is 5.32 Å². The van der Waals surface area contributed by atoms with Gasteiger partial charge in [-0.25, -0.2) is 0 Å². The maximum Gasteiger partial charge on any atom is 0.256 e. The fourth-order valence-corrected chi connectivity index (χ4v) is 3.42. The number of H-pyrrole nitrogens is 1. The molecule has 118 valence electrons. The van der Waals surface area contributed by atoms with Crippen LogP contribution in [0.5, 0.6) is 0 Å². The lowest BCUT2D eigenvalue weighted by atomic mass is 10.0. The largest absolute Gasteiger partial charge is 0.361 e. The Bertz CT molecular complexity index is 968. The first kappa shape index (κ1) is 15.1. The Labute approximate surface area is 148 Å². The van der Waals surface area contributed by atoms with E-state index in [9.17, 15) is 4.79 Å². The van der Waals surface area contributed by atoms with Crippen molar-refractivity contribution in [3.8, 4) is 11.1 Å². The Kier molecular flexibility index (Phi) is 3.68. The number of para-hydroxylation sites is 1. The molecule has 1 aliphatic rings. The molecule has 1 aliphatic heterocycles. The minimum atomic E-state index is -0.110. The molecule has 0 saturated carbocycles. The number of aromatic amines is 1. The summed E-state index contributed by atoms with van der Waals surface area (Å²) in [6.45, 7) is 0. The zero-order chi connectivity index (χ0) is 16.7. The molecule has 0 fully saturated rings. The monoisotopic (exact) mass is 354 g/mol. The van der Waals surface area contributed by atoms with Crippen molar-refractivity contribution in [2.45, 2.75) is 0 Å². The van der Waals surface area contributed by atoms with Crippen molar-refractivity contribution < 1.29 is 4.79 Å². The highest BCUT2D eigenvalue weighted by Crippen LogP contribution is 2.35. The zero-order valence-electron chi connectivity index (χ0n) is 12.4. The standard InChI is InChI=1S/C19H12Cl2N2O/c20-12-7-11(8-13(21)9-12)14-5-6-22-18(14)10-16-15-3-1-2-4-17(15)23-19(16)24/h1-10,22H,(H,23,24). The van der Waals surface area contributed by atoms with Crippen LogP contribution in [0.1, 0.15) is 11.3 Å². The molecule has 0 radical (unpaired) electrons. The first-order valence-corrected chi connectivity index (χ1v) is 8.14. The Hall–Kier alpha value is -2.49. The second kappa shape index (κ2) is 5.86. The smallest absolute Gasteiger partial charge is 0.256 e. The van der Waals surface area contributed by atoms with E-state index >= 15 is 0 Å². The van der Waals surface area contributed by atoms with Crippen LogP contribution in [0.2, 0.25) is 10.0 Å². The maximum absolute atomic E-state index is 12.3. The van der Waals surface area contributed by atoms with Crippen LogP contribution >= 0.6 is 23.2 Å². The molecular formula is C19H12Cl2N2O. The second-order valence-electron chi connectivity index (χ2n) is 5.52. The predicted molar refractivity (Wildman–Crippen MR) is 99.2 cm³/mol. The third-order valence-corrected chi connectivity index (χ3v) is 4.39. The van der Waals surface area contributed by atoms with E-state index in [-0.39, 0.29) is 5.91 Å². The molecule has 0 spiro atoms. The highest BCUT2D eigenvalue weighted by Gasteiger charge is 2.24. The molecule has 2 aromatic carbocycles. The van der Waals surface area contributed by atoms with Crippen molar-refractivity contribution in [2.24, 2.45) is 0 Å². The van der Waals surface area contributed by atoms with Crippen LogP contribution in [0.4, 0.5) is 5.69 Å². The summed E-state index contributed by atoms with van der Waals surface area (Å²) < 4.78 is 0. The highest BCUT2D eigenvalue weighted by molar-refractivity contribution is 6.36. The van der Waals surface area contributed by atoms with Gasteiger partial charge in [-0.1, -0.05) is 41.4 Å². The van der Waals surface area contributed by atoms with Crippen LogP contribution in [0.3, 0.4) is 0 Å². The van der Waals surface area contributed by atoms with E-state index in [2.05, 4.69) is 10.3 Å². The van der Waals surface area contributed by atoms with E-state index in [0.29, 0.717) is 15.6 Å². The van der Waals surface area contributed by atoms with Crippen LogP contribution in [0, 0.1) is 0 Å². The number of hydrogen-bond donors (Lipinski definition) is 2. The van der Waals surface area contributed by atoms with Gasteiger partial charge in [-0.05, 0) is 42.0 Å². The quantitative estimate of drug-likeness (QED) is 0.588. The van der Waals surface area contributed by atoms with Gasteiger partial charge in [-0.3, -0.25) is 4.79 Å². The van der Waals surface area contributed by atoms with Gasteiger partial charge in [0, 0.05) is 38.8 Å². The third kappa shape index (κ3) is 2.62. The van der Waals surface area contributed by atoms with Gasteiger partial charge in [-0.2, -0.15) is 0 Å². The molecule has 4 rings (SSSR count). The molecule has 2 N–H and O–H groups in total. The second-order valence-corrected chi connectivity index (χ2v) is 6.39. The number of nitrogens with one attached hydrogen (secondary N) is 2. The molecule has 0 unspecified atom stereocenters. The van der Waals surface area contributed by atoms with Crippen LogP contribution in [0.15, 0.2) is 54.7 Å². The number of fused-ring (bicyclic) bond motifs is 1. The lowest BCUT2D eigenvalue weighted by Crippen LogP contribution is -2.03. The predicted octanol–water partition coefficient (Wildman–Crippen LogP) is 5.48. The van der Waals surface area contributed by atoms with Crippen LogP contribution in [-0.4, -0.2) is 10.9 Å². The van der Waals surface area contributed by atoms with Gasteiger partial charge in [0.1, 0.15) is 0 Å². The number of amides is 1. The first-order valence-electron chi connectivity index (χ1n) is 7.38. The van der Waals surface area contributed by atoms with Crippen LogP contribution in [-0.2, 0) is 4.79 Å². The highest BCUT2D eigenvalue weighted by atomic mass is 35.5. The van der Waals surface area contributed by atoms with Crippen molar-refractivity contribution in [2.75, 3.05) is 5.32 Å². The Balaban J connectivity index is 1.83. The minimum absolute atomic E-state index is 0.110. The minimum Gasteiger partial charge on any atom is -0.361 e. The molecule has 0 saturated heterocycles. The van der Waals surface area contributed by atoms with Crippen molar-refractivity contribution in [3.05, 3.63) is 76.0 Å². The number of aromatic nitrogens is 1. The number of carbonyl (C=O) groups is 1. The van der Waals surface area contributed by atoms with Crippen molar-refractivity contribution >= 4 is 46.4 Å². The Morgan fingerprint density at radius 3 is 2.46 bits per heavy atom. The number of hydrogen-bond acceptors (Lipinski definition) is 1. The molecule has 3 nitrogen and oxygen atoms in total. The summed E-state index contributed by atoms with van der Waals surface area (Å²) in [5.74, 6) is -0.110. The zero-order valence-corrected chi connectivity index (χ0v) is 13.9. The molecule has 1 amide bonds. The Morgan fingerprint density at radius 2 is 1.67 bits per heavy atom. The molecule has 5 heteroatoms. The lowest BCUT2D eigenvalue weighted by Gasteiger charge is -2.04. The number of benzene rings is 2. The summed E-state index contributed by atoms with van der Waals surface area (Å²) in [7, 11) is 0. The van der Waals surface area contributed by atoms with Gasteiger partial charge in [0.25, 0.3) is 5.91 Å². The van der Waals surface area contributed by atoms with E-state index in [4.69, 9.17) is 23.2 Å². The molecule has 2 heterocycles. The van der Waals surface area contributed by atoms with Gasteiger partial charge < -0.3 is 10.3 Å². The SMILES string of the molecule is O=C1Nc2ccccc2C1=Cc1[nH]ccc1-c1cc(Cl)cc(Cl)c1. The topological polar surface area (TPSA) is 44.9 Å². The van der Waals surface area contributed by atoms with E-state index < -0.39 is 0 Å². The molecular weight excluding hydrogens is 343 g/mol. The normalized spacial score (nSPS) is 14.8. The van der Waals surface area contributed by atoms with Gasteiger partial charge in [0.2, 0.25) is 0 Å². The first-order chi connectivity index (χ1) is 11.6. The fourth-order valence-electron chi connectivity index (χ4n) is 2.89. The summed E-state index contributed by atoms with van der Waals surface area (Å²) in [6, 6.07) is 15.0. The average molecular weight is 355 g/mol. The summed E-state index contributed by atoms with van der Waals surface area (Å²) >= 11 is 12.2. The molecule has 24 heavy (non-hydrogen) atoms. The van der Waals surface area contributed by atoms with Gasteiger partial charge in [0.15, 0.2) is 0 Å². The molecule has 0 bridgehead atoms. The number of carbonyl (C=O) groups excluding carboxylic acids is 1. The van der Waals surface area contributed by atoms with E-state index in [0.717, 1.165) is 28.1 Å². The van der Waals surface area contributed by atoms with Crippen molar-refractivity contribution in [1.29, 1.82) is 0 Å². The van der Waals surface area contributed by atoms with Crippen LogP contribution in [0.25, 0.3) is 22.8 Å². The van der Waals surface area contributed by atoms with Gasteiger partial charge >= 0.3 is 0 Å². The van der Waals surface area contributed by atoms with Gasteiger partial charge in [-0.15, -0.1) is 0 Å². The maximum atomic E-state index is 12.3. The molecule has 1 aromatic heterocycles. The molecule has 3 aromatic rings. The van der Waals surface area contributed by atoms with Crippen molar-refractivity contribution in [1.82, 2.24) is 4.98 Å². The molecule has 0 atom stereocenters. The summed E-state index contributed by atoms with van der Waals surface area (Å²) in [5.41, 5.74) is 5.01. The van der Waals surface area contributed by atoms with Crippen molar-refractivity contribution in [3.63, 3.8) is 0 Å². The fraction of sp³-hybridized carbons (Fsp3) is 0. The number of anilines is 1.